The van der Waals surface area contributed by atoms with Crippen molar-refractivity contribution < 1.29 is 29.0 Å². The second-order valence-electron chi connectivity index (χ2n) is 18.9. The van der Waals surface area contributed by atoms with Crippen molar-refractivity contribution in [1.29, 1.82) is 0 Å². The van der Waals surface area contributed by atoms with Crippen LogP contribution in [0.5, 0.6) is 5.75 Å². The zero-order valence-corrected chi connectivity index (χ0v) is 42.7. The first-order valence-corrected chi connectivity index (χ1v) is 25.4. The lowest BCUT2D eigenvalue weighted by Gasteiger charge is -2.35. The highest BCUT2D eigenvalue weighted by molar-refractivity contribution is 7.15. The van der Waals surface area contributed by atoms with Gasteiger partial charge in [0.05, 0.1) is 40.9 Å². The zero-order chi connectivity index (χ0) is 49.9. The highest BCUT2D eigenvalue weighted by atomic mass is 35.5. The third kappa shape index (κ3) is 11.3. The van der Waals surface area contributed by atoms with Gasteiger partial charge in [-0.15, -0.1) is 32.9 Å². The van der Waals surface area contributed by atoms with Gasteiger partial charge in [-0.3, -0.25) is 28.7 Å². The highest BCUT2D eigenvalue weighted by Gasteiger charge is 2.44. The number of likely N-dealkylation sites (tertiary alicyclic amines) is 1. The van der Waals surface area contributed by atoms with Crippen LogP contribution < -0.4 is 20.7 Å². The van der Waals surface area contributed by atoms with Crippen LogP contribution in [0.25, 0.3) is 15.4 Å². The van der Waals surface area contributed by atoms with Crippen LogP contribution in [0.3, 0.4) is 0 Å². The molecule has 1 unspecified atom stereocenters. The Morgan fingerprint density at radius 2 is 1.67 bits per heavy atom. The predicted octanol–water partition coefficient (Wildman–Crippen LogP) is 7.56. The van der Waals surface area contributed by atoms with Gasteiger partial charge in [-0.05, 0) is 86.1 Å². The Hall–Kier alpha value is -6.27. The van der Waals surface area contributed by atoms with Crippen molar-refractivity contribution in [3.8, 4) is 21.2 Å². The van der Waals surface area contributed by atoms with Crippen LogP contribution in [-0.4, -0.2) is 97.0 Å². The van der Waals surface area contributed by atoms with Crippen molar-refractivity contribution in [2.24, 2.45) is 10.4 Å². The molecule has 1 fully saturated rings. The molecular formula is C52H58ClN9O6S2. The molecule has 0 radical (unpaired) electrons. The SMILES string of the molecule is Cc1ncsc1-c1ccc(CNC(=O)[C@@H]2C[C@@H](O)CN2C(=O)C(NC(=O)CCc2cccc(OCCNC(=O)C[C@@H]3N=C(c4ccc(Cl)cc4)c4c(sc(C)c4C)-n4c(C)nnc43)c2)C(C)(C)C)cc1. The number of aryl methyl sites for hydroxylation is 4. The number of β-amino-alcohol motifs (C(OH)–C–C–N with tert-alkyl or cyclic N) is 1. The third-order valence-electron chi connectivity index (χ3n) is 12.7. The Balaban J connectivity index is 0.828. The first kappa shape index (κ1) is 50.1. The van der Waals surface area contributed by atoms with Gasteiger partial charge in [-0.2, -0.15) is 0 Å². The first-order chi connectivity index (χ1) is 33.4. The van der Waals surface area contributed by atoms with Crippen LogP contribution in [0.2, 0.25) is 5.02 Å². The van der Waals surface area contributed by atoms with Gasteiger partial charge in [0.25, 0.3) is 0 Å². The second-order valence-corrected chi connectivity index (χ2v) is 21.4. The molecule has 366 valence electrons. The van der Waals surface area contributed by atoms with Crippen molar-refractivity contribution >= 4 is 63.6 Å². The summed E-state index contributed by atoms with van der Waals surface area (Å²) in [5.41, 5.74) is 8.63. The maximum absolute atomic E-state index is 14.2. The number of aliphatic imine (C=N–C) groups is 1. The summed E-state index contributed by atoms with van der Waals surface area (Å²) >= 11 is 9.48. The van der Waals surface area contributed by atoms with Gasteiger partial charge in [0.15, 0.2) is 5.82 Å². The van der Waals surface area contributed by atoms with Gasteiger partial charge in [0.1, 0.15) is 41.3 Å². The molecule has 4 amide bonds. The van der Waals surface area contributed by atoms with Crippen LogP contribution in [0.4, 0.5) is 0 Å². The third-order valence-corrected chi connectivity index (χ3v) is 15.1. The minimum Gasteiger partial charge on any atom is -0.492 e. The molecule has 15 nitrogen and oxygen atoms in total. The molecule has 3 aromatic heterocycles. The maximum Gasteiger partial charge on any atom is 0.246 e. The summed E-state index contributed by atoms with van der Waals surface area (Å²) in [6.07, 6.45) is -0.269. The molecule has 2 aliphatic rings. The van der Waals surface area contributed by atoms with Gasteiger partial charge in [-0.25, -0.2) is 4.98 Å². The number of carbonyl (C=O) groups excluding carboxylic acids is 4. The molecule has 6 aromatic rings. The number of ether oxygens (including phenoxy) is 1. The minimum absolute atomic E-state index is 0.0144. The fourth-order valence-electron chi connectivity index (χ4n) is 8.80. The van der Waals surface area contributed by atoms with Crippen LogP contribution >= 0.6 is 34.3 Å². The molecule has 0 bridgehead atoms. The van der Waals surface area contributed by atoms with Crippen molar-refractivity contribution in [1.82, 2.24) is 40.6 Å². The molecule has 5 heterocycles. The van der Waals surface area contributed by atoms with Crippen LogP contribution in [0.15, 0.2) is 83.3 Å². The number of rotatable bonds is 16. The summed E-state index contributed by atoms with van der Waals surface area (Å²) in [5.74, 6) is 0.554. The number of nitrogens with zero attached hydrogens (tertiary/aromatic N) is 6. The molecule has 3 aromatic carbocycles. The van der Waals surface area contributed by atoms with E-state index in [-0.39, 0.29) is 63.2 Å². The number of halogens is 1. The van der Waals surface area contributed by atoms with Crippen LogP contribution in [-0.2, 0) is 32.1 Å². The predicted molar refractivity (Wildman–Crippen MR) is 273 cm³/mol. The number of fused-ring (bicyclic) bond motifs is 3. The van der Waals surface area contributed by atoms with E-state index in [9.17, 15) is 24.3 Å². The smallest absolute Gasteiger partial charge is 0.246 e. The number of hydrogen-bond donors (Lipinski definition) is 4. The van der Waals surface area contributed by atoms with Crippen molar-refractivity contribution in [2.45, 2.75) is 105 Å². The number of carbonyl (C=O) groups is 4. The van der Waals surface area contributed by atoms with Crippen LogP contribution in [0.1, 0.15) is 96.1 Å². The molecular weight excluding hydrogens is 946 g/mol. The van der Waals surface area contributed by atoms with Crippen molar-refractivity contribution in [3.63, 3.8) is 0 Å². The quantitative estimate of drug-likeness (QED) is 0.0709. The molecule has 8 rings (SSSR count). The van der Waals surface area contributed by atoms with E-state index in [1.165, 1.54) is 4.90 Å². The molecule has 1 saturated heterocycles. The molecule has 4 atom stereocenters. The lowest BCUT2D eigenvalue weighted by atomic mass is 9.85. The number of nitrogens with one attached hydrogen (secondary N) is 3. The van der Waals surface area contributed by atoms with E-state index in [0.29, 0.717) is 28.8 Å². The normalized spacial score (nSPS) is 17.0. The summed E-state index contributed by atoms with van der Waals surface area (Å²) in [7, 11) is 0. The van der Waals surface area contributed by atoms with Gasteiger partial charge in [-0.1, -0.05) is 80.9 Å². The summed E-state index contributed by atoms with van der Waals surface area (Å²) in [4.78, 5) is 67.9. The maximum atomic E-state index is 14.2. The molecule has 0 spiro atoms. The van der Waals surface area contributed by atoms with Gasteiger partial charge in [0.2, 0.25) is 23.6 Å². The van der Waals surface area contributed by atoms with E-state index in [4.69, 9.17) is 21.3 Å². The Labute approximate surface area is 420 Å². The van der Waals surface area contributed by atoms with Gasteiger partial charge >= 0.3 is 0 Å². The average molecular weight is 1000 g/mol. The van der Waals surface area contributed by atoms with Crippen molar-refractivity contribution in [2.75, 3.05) is 19.7 Å². The number of amides is 4. The topological polar surface area (TPSA) is 193 Å². The Morgan fingerprint density at radius 3 is 2.39 bits per heavy atom. The van der Waals surface area contributed by atoms with E-state index in [1.807, 2.05) is 117 Å². The average Bonchev–Trinajstić information content (AvgIpc) is 4.10. The number of thiazole rings is 1. The summed E-state index contributed by atoms with van der Waals surface area (Å²) in [6, 6.07) is 20.4. The number of thiophene rings is 1. The first-order valence-electron chi connectivity index (χ1n) is 23.3. The largest absolute Gasteiger partial charge is 0.492 e. The van der Waals surface area contributed by atoms with Gasteiger partial charge in [0, 0.05) is 47.0 Å². The lowest BCUT2D eigenvalue weighted by Crippen LogP contribution is -2.57. The molecule has 0 aliphatic carbocycles. The number of benzene rings is 3. The molecule has 4 N–H and O–H groups in total. The fraction of sp³-hybridized carbons (Fsp3) is 0.385. The van der Waals surface area contributed by atoms with E-state index in [0.717, 1.165) is 59.5 Å². The highest BCUT2D eigenvalue weighted by Crippen LogP contribution is 2.40. The lowest BCUT2D eigenvalue weighted by molar-refractivity contribution is -0.144. The summed E-state index contributed by atoms with van der Waals surface area (Å²) in [5, 5.41) is 30.0. The fourth-order valence-corrected chi connectivity index (χ4v) is 11.0. The Bertz CT molecular complexity index is 2920. The number of aliphatic hydroxyl groups is 1. The number of aliphatic hydroxyl groups excluding tert-OH is 1. The van der Waals surface area contributed by atoms with Crippen molar-refractivity contribution in [3.05, 3.63) is 133 Å². The van der Waals surface area contributed by atoms with Crippen LogP contribution in [0, 0.1) is 33.1 Å². The Morgan fingerprint density at radius 1 is 0.929 bits per heavy atom. The second kappa shape index (κ2) is 21.4. The number of aromatic nitrogens is 4. The molecule has 18 heteroatoms. The van der Waals surface area contributed by atoms with E-state index < -0.39 is 35.6 Å². The summed E-state index contributed by atoms with van der Waals surface area (Å²) in [6.45, 7) is 14.3. The standard InChI is InChI=1S/C52H58ClN9O6S2/c1-29-31(3)70-51-44(29)45(35-16-18-37(53)19-17-35)57-40(48-60-59-32(4)62(48)51)25-43(65)54-21-22-68-39-10-8-9-33(23-39)13-20-42(64)58-47(52(5,6)7)50(67)61-27-38(63)24-41(61)49(66)55-26-34-11-14-36(15-12-34)46-30(2)56-28-69-46/h8-12,14-19,23,28,38,40-41,47,63H,13,20-22,24-27H2,1-7H3,(H,54,65)(H,55,66)(H,58,64)/t38-,40+,41+,47?/m1/s1. The minimum atomic E-state index is -0.947. The van der Waals surface area contributed by atoms with E-state index in [1.54, 1.807) is 22.7 Å². The van der Waals surface area contributed by atoms with Gasteiger partial charge < -0.3 is 30.7 Å². The molecule has 70 heavy (non-hydrogen) atoms. The monoisotopic (exact) mass is 1000 g/mol. The molecule has 2 aliphatic heterocycles. The van der Waals surface area contributed by atoms with E-state index in [2.05, 4.69) is 45.0 Å². The zero-order valence-electron chi connectivity index (χ0n) is 40.3. The Kier molecular flexibility index (Phi) is 15.3. The van der Waals surface area contributed by atoms with E-state index >= 15 is 0 Å². The number of hydrogen-bond acceptors (Lipinski definition) is 12. The summed E-state index contributed by atoms with van der Waals surface area (Å²) < 4.78 is 8.04. The molecule has 0 saturated carbocycles.